The van der Waals surface area contributed by atoms with Gasteiger partial charge in [0.15, 0.2) is 0 Å². The van der Waals surface area contributed by atoms with E-state index in [0.717, 1.165) is 12.1 Å². The van der Waals surface area contributed by atoms with Gasteiger partial charge in [-0.2, -0.15) is 5.10 Å². The largest absolute Gasteiger partial charge is 0.487 e. The molecule has 158 valence electrons. The fourth-order valence-electron chi connectivity index (χ4n) is 2.54. The van der Waals surface area contributed by atoms with Crippen molar-refractivity contribution in [3.63, 3.8) is 0 Å². The average Bonchev–Trinajstić information content (AvgIpc) is 2.74. The van der Waals surface area contributed by atoms with Gasteiger partial charge in [-0.3, -0.25) is 25.7 Å². The maximum Gasteiger partial charge on any atom is 0.301 e. The number of nitro groups is 2. The molecule has 31 heavy (non-hydrogen) atoms. The van der Waals surface area contributed by atoms with Crippen molar-refractivity contribution >= 4 is 34.9 Å². The minimum Gasteiger partial charge on any atom is -0.487 e. The molecule has 11 heteroatoms. The predicted molar refractivity (Wildman–Crippen MR) is 113 cm³/mol. The van der Waals surface area contributed by atoms with Gasteiger partial charge in [-0.1, -0.05) is 29.8 Å². The highest BCUT2D eigenvalue weighted by atomic mass is 35.5. The van der Waals surface area contributed by atoms with Crippen LogP contribution in [-0.4, -0.2) is 16.1 Å². The maximum atomic E-state index is 13.7. The summed E-state index contributed by atoms with van der Waals surface area (Å²) in [5, 5.41) is 26.1. The standard InChI is InChI=1S/C20H14ClFN4O5/c21-16-9-13(5-8-20(16)31-12-14-3-1-2-4-17(14)22)11-23-24-18-7-6-15(25(27)28)10-19(18)26(29)30/h1-11,24H,12H2/b23-11+. The van der Waals surface area contributed by atoms with Crippen LogP contribution in [0, 0.1) is 26.0 Å². The number of halogens is 2. The molecule has 0 fully saturated rings. The number of rotatable bonds is 8. The molecular formula is C20H14ClFN4O5. The third-order valence-electron chi connectivity index (χ3n) is 4.08. The van der Waals surface area contributed by atoms with E-state index in [2.05, 4.69) is 10.5 Å². The lowest BCUT2D eigenvalue weighted by molar-refractivity contribution is -0.393. The molecule has 3 aromatic rings. The molecule has 0 atom stereocenters. The van der Waals surface area contributed by atoms with Crippen LogP contribution < -0.4 is 10.2 Å². The van der Waals surface area contributed by atoms with Gasteiger partial charge in [-0.15, -0.1) is 0 Å². The summed E-state index contributed by atoms with van der Waals surface area (Å²) in [7, 11) is 0. The number of anilines is 1. The second-order valence-electron chi connectivity index (χ2n) is 6.16. The van der Waals surface area contributed by atoms with Crippen LogP contribution in [0.5, 0.6) is 5.75 Å². The molecule has 0 aliphatic rings. The molecule has 0 unspecified atom stereocenters. The molecule has 0 aliphatic heterocycles. The number of benzene rings is 3. The van der Waals surface area contributed by atoms with Gasteiger partial charge >= 0.3 is 5.69 Å². The normalized spacial score (nSPS) is 10.8. The number of nitrogens with one attached hydrogen (secondary N) is 1. The molecule has 0 aliphatic carbocycles. The summed E-state index contributed by atoms with van der Waals surface area (Å²) in [5.41, 5.74) is 2.53. The number of ether oxygens (including phenoxy) is 1. The summed E-state index contributed by atoms with van der Waals surface area (Å²) in [6.45, 7) is 0.00515. The van der Waals surface area contributed by atoms with E-state index in [4.69, 9.17) is 16.3 Å². The molecule has 3 aromatic carbocycles. The van der Waals surface area contributed by atoms with Crippen LogP contribution in [0.25, 0.3) is 0 Å². The Labute approximate surface area is 180 Å². The van der Waals surface area contributed by atoms with Crippen LogP contribution in [0.15, 0.2) is 65.8 Å². The van der Waals surface area contributed by atoms with Crippen LogP contribution in [0.1, 0.15) is 11.1 Å². The Balaban J connectivity index is 1.68. The molecule has 0 bridgehead atoms. The first-order chi connectivity index (χ1) is 14.8. The van der Waals surface area contributed by atoms with Crippen LogP contribution in [0.3, 0.4) is 0 Å². The van der Waals surface area contributed by atoms with E-state index in [-0.39, 0.29) is 23.1 Å². The van der Waals surface area contributed by atoms with Crippen LogP contribution >= 0.6 is 11.6 Å². The summed E-state index contributed by atoms with van der Waals surface area (Å²) in [4.78, 5) is 20.4. The van der Waals surface area contributed by atoms with Crippen molar-refractivity contribution in [1.29, 1.82) is 0 Å². The topological polar surface area (TPSA) is 120 Å². The third-order valence-corrected chi connectivity index (χ3v) is 4.38. The second-order valence-corrected chi connectivity index (χ2v) is 6.56. The van der Waals surface area contributed by atoms with E-state index in [1.54, 1.807) is 36.4 Å². The number of nitrogens with zero attached hydrogens (tertiary/aromatic N) is 3. The average molecular weight is 445 g/mol. The summed E-state index contributed by atoms with van der Waals surface area (Å²) in [5.74, 6) is -0.0326. The number of nitro benzene ring substituents is 2. The highest BCUT2D eigenvalue weighted by Gasteiger charge is 2.19. The Morgan fingerprint density at radius 3 is 2.52 bits per heavy atom. The Hall–Kier alpha value is -4.05. The molecule has 0 amide bonds. The van der Waals surface area contributed by atoms with Crippen LogP contribution in [-0.2, 0) is 6.61 Å². The minimum absolute atomic E-state index is 0.00515. The first-order valence-electron chi connectivity index (χ1n) is 8.73. The molecule has 9 nitrogen and oxygen atoms in total. The van der Waals surface area contributed by atoms with E-state index < -0.39 is 21.2 Å². The highest BCUT2D eigenvalue weighted by Crippen LogP contribution is 2.29. The lowest BCUT2D eigenvalue weighted by Crippen LogP contribution is -2.00. The Kier molecular flexibility index (Phi) is 6.73. The lowest BCUT2D eigenvalue weighted by Gasteiger charge is -2.09. The summed E-state index contributed by atoms with van der Waals surface area (Å²) in [6, 6.07) is 14.2. The maximum absolute atomic E-state index is 13.7. The molecular weight excluding hydrogens is 431 g/mol. The number of hydrogen-bond acceptors (Lipinski definition) is 7. The molecule has 0 saturated heterocycles. The van der Waals surface area contributed by atoms with E-state index in [0.29, 0.717) is 16.9 Å². The van der Waals surface area contributed by atoms with Crippen molar-refractivity contribution in [2.45, 2.75) is 6.61 Å². The van der Waals surface area contributed by atoms with E-state index in [1.165, 1.54) is 18.3 Å². The van der Waals surface area contributed by atoms with Gasteiger partial charge in [-0.05, 0) is 35.9 Å². The monoisotopic (exact) mass is 444 g/mol. The zero-order chi connectivity index (χ0) is 22.4. The molecule has 0 spiro atoms. The summed E-state index contributed by atoms with van der Waals surface area (Å²) in [6.07, 6.45) is 1.36. The Bertz CT molecular complexity index is 1170. The third kappa shape index (κ3) is 5.52. The molecule has 0 aromatic heterocycles. The summed E-state index contributed by atoms with van der Waals surface area (Å²) >= 11 is 6.19. The fraction of sp³-hybridized carbons (Fsp3) is 0.0500. The quantitative estimate of drug-likeness (QED) is 0.285. The zero-order valence-corrected chi connectivity index (χ0v) is 16.5. The molecule has 1 N–H and O–H groups in total. The highest BCUT2D eigenvalue weighted by molar-refractivity contribution is 6.32. The van der Waals surface area contributed by atoms with Crippen molar-refractivity contribution in [3.05, 3.63) is 103 Å². The number of non-ortho nitro benzene ring substituents is 1. The van der Waals surface area contributed by atoms with Crippen molar-refractivity contribution in [2.24, 2.45) is 5.10 Å². The van der Waals surface area contributed by atoms with E-state index >= 15 is 0 Å². The van der Waals surface area contributed by atoms with Gasteiger partial charge in [0.05, 0.1) is 27.2 Å². The van der Waals surface area contributed by atoms with Crippen LogP contribution in [0.4, 0.5) is 21.5 Å². The van der Waals surface area contributed by atoms with Gasteiger partial charge in [0.1, 0.15) is 23.9 Å². The number of hydrazone groups is 1. The van der Waals surface area contributed by atoms with Crippen molar-refractivity contribution in [2.75, 3.05) is 5.43 Å². The number of hydrogen-bond donors (Lipinski definition) is 1. The molecule has 3 rings (SSSR count). The smallest absolute Gasteiger partial charge is 0.301 e. The van der Waals surface area contributed by atoms with Gasteiger partial charge in [0.25, 0.3) is 5.69 Å². The van der Waals surface area contributed by atoms with Crippen molar-refractivity contribution < 1.29 is 19.0 Å². The van der Waals surface area contributed by atoms with Crippen molar-refractivity contribution in [3.8, 4) is 5.75 Å². The molecule has 0 radical (unpaired) electrons. The Morgan fingerprint density at radius 1 is 1.06 bits per heavy atom. The van der Waals surface area contributed by atoms with Gasteiger partial charge in [-0.25, -0.2) is 4.39 Å². The van der Waals surface area contributed by atoms with Gasteiger partial charge < -0.3 is 4.74 Å². The molecule has 0 heterocycles. The lowest BCUT2D eigenvalue weighted by atomic mass is 10.2. The zero-order valence-electron chi connectivity index (χ0n) is 15.7. The summed E-state index contributed by atoms with van der Waals surface area (Å²) < 4.78 is 19.2. The van der Waals surface area contributed by atoms with Gasteiger partial charge in [0, 0.05) is 11.6 Å². The first kappa shape index (κ1) is 21.7. The van der Waals surface area contributed by atoms with Crippen LogP contribution in [0.2, 0.25) is 5.02 Å². The second kappa shape index (κ2) is 9.63. The first-order valence-corrected chi connectivity index (χ1v) is 9.10. The fourth-order valence-corrected chi connectivity index (χ4v) is 2.78. The minimum atomic E-state index is -0.747. The van der Waals surface area contributed by atoms with Crippen molar-refractivity contribution in [1.82, 2.24) is 0 Å². The van der Waals surface area contributed by atoms with E-state index in [1.807, 2.05) is 0 Å². The van der Waals surface area contributed by atoms with Gasteiger partial charge in [0.2, 0.25) is 0 Å². The SMILES string of the molecule is O=[N+]([O-])c1ccc(N/N=C/c2ccc(OCc3ccccc3F)c(Cl)c2)c([N+](=O)[O-])c1. The van der Waals surface area contributed by atoms with E-state index in [9.17, 15) is 24.6 Å². The molecule has 0 saturated carbocycles. The Morgan fingerprint density at radius 2 is 1.84 bits per heavy atom. The predicted octanol–water partition coefficient (Wildman–Crippen LogP) is 5.32.